The van der Waals surface area contributed by atoms with Crippen molar-refractivity contribution in [1.82, 2.24) is 9.97 Å². The molecule has 0 radical (unpaired) electrons. The second-order valence-corrected chi connectivity index (χ2v) is 6.01. The van der Waals surface area contributed by atoms with E-state index in [0.29, 0.717) is 5.03 Å². The molecule has 2 aromatic rings. The Bertz CT molecular complexity index is 607. The van der Waals surface area contributed by atoms with Gasteiger partial charge in [0.15, 0.2) is 0 Å². The van der Waals surface area contributed by atoms with Gasteiger partial charge in [0.25, 0.3) is 0 Å². The smallest absolute Gasteiger partial charge is 0.335 e. The van der Waals surface area contributed by atoms with Crippen molar-refractivity contribution in [1.29, 1.82) is 0 Å². The van der Waals surface area contributed by atoms with E-state index in [1.54, 1.807) is 6.20 Å². The van der Waals surface area contributed by atoms with Crippen LogP contribution >= 0.6 is 43.6 Å². The molecule has 0 saturated heterocycles. The zero-order valence-corrected chi connectivity index (χ0v) is 12.8. The fraction of sp³-hybridized carbons (Fsp3) is 0. The third kappa shape index (κ3) is 3.30. The summed E-state index contributed by atoms with van der Waals surface area (Å²) in [6.07, 6.45) is 3.15. The molecule has 0 bridgehead atoms. The van der Waals surface area contributed by atoms with Crippen LogP contribution in [0.1, 0.15) is 10.4 Å². The van der Waals surface area contributed by atoms with Crippen molar-refractivity contribution < 1.29 is 9.90 Å². The van der Waals surface area contributed by atoms with Crippen LogP contribution in [-0.4, -0.2) is 21.0 Å². The van der Waals surface area contributed by atoms with E-state index in [9.17, 15) is 4.79 Å². The van der Waals surface area contributed by atoms with Crippen LogP contribution in [0.3, 0.4) is 0 Å². The van der Waals surface area contributed by atoms with E-state index < -0.39 is 5.97 Å². The molecular formula is C11H6Br2N2O2S. The summed E-state index contributed by atoms with van der Waals surface area (Å²) in [5.74, 6) is -0.970. The van der Waals surface area contributed by atoms with Gasteiger partial charge in [0.2, 0.25) is 0 Å². The molecule has 2 rings (SSSR count). The number of pyridine rings is 2. The van der Waals surface area contributed by atoms with Gasteiger partial charge in [0, 0.05) is 16.9 Å². The molecule has 2 heterocycles. The standard InChI is InChI=1S/C11H6Br2N2O2S/c12-7-4-8(13)10(15-5-7)18-9-3-6(11(16)17)1-2-14-9/h1-5H,(H,16,17). The summed E-state index contributed by atoms with van der Waals surface area (Å²) in [6.45, 7) is 0. The molecule has 0 aliphatic rings. The monoisotopic (exact) mass is 388 g/mol. The van der Waals surface area contributed by atoms with Gasteiger partial charge in [-0.15, -0.1) is 0 Å². The topological polar surface area (TPSA) is 63.1 Å². The predicted octanol–water partition coefficient (Wildman–Crippen LogP) is 3.85. The number of hydrogen-bond acceptors (Lipinski definition) is 4. The van der Waals surface area contributed by atoms with Crippen LogP contribution < -0.4 is 0 Å². The van der Waals surface area contributed by atoms with E-state index in [1.165, 1.54) is 30.1 Å². The van der Waals surface area contributed by atoms with Gasteiger partial charge in [0.05, 0.1) is 10.0 Å². The van der Waals surface area contributed by atoms with Crippen LogP contribution in [0.2, 0.25) is 0 Å². The highest BCUT2D eigenvalue weighted by Crippen LogP contribution is 2.32. The van der Waals surface area contributed by atoms with Gasteiger partial charge in [-0.1, -0.05) is 0 Å². The number of hydrogen-bond donors (Lipinski definition) is 1. The molecule has 4 nitrogen and oxygen atoms in total. The molecule has 7 heteroatoms. The number of carboxylic acid groups (broad SMARTS) is 1. The minimum absolute atomic E-state index is 0.209. The van der Waals surface area contributed by atoms with Crippen molar-refractivity contribution in [2.45, 2.75) is 10.1 Å². The Labute approximate surface area is 124 Å². The summed E-state index contributed by atoms with van der Waals surface area (Å²) >= 11 is 8.01. The summed E-state index contributed by atoms with van der Waals surface area (Å²) in [5.41, 5.74) is 0.209. The number of halogens is 2. The summed E-state index contributed by atoms with van der Waals surface area (Å²) in [4.78, 5) is 19.2. The number of carbonyl (C=O) groups is 1. The van der Waals surface area contributed by atoms with E-state index in [4.69, 9.17) is 5.11 Å². The lowest BCUT2D eigenvalue weighted by molar-refractivity contribution is 0.0696. The summed E-state index contributed by atoms with van der Waals surface area (Å²) in [5, 5.41) is 10.2. The summed E-state index contributed by atoms with van der Waals surface area (Å²) < 4.78 is 1.69. The second-order valence-electron chi connectivity index (χ2n) is 3.23. The van der Waals surface area contributed by atoms with E-state index in [-0.39, 0.29) is 5.56 Å². The normalized spacial score (nSPS) is 10.3. The summed E-state index contributed by atoms with van der Waals surface area (Å²) in [7, 11) is 0. The molecule has 1 N–H and O–H groups in total. The van der Waals surface area contributed by atoms with Crippen molar-refractivity contribution in [3.05, 3.63) is 45.1 Å². The Hall–Kier alpha value is -0.920. The van der Waals surface area contributed by atoms with Crippen LogP contribution in [0.4, 0.5) is 0 Å². The Kier molecular flexibility index (Phi) is 4.36. The van der Waals surface area contributed by atoms with Crippen molar-refractivity contribution in [3.63, 3.8) is 0 Å². The molecule has 0 atom stereocenters. The molecule has 0 spiro atoms. The molecule has 0 unspecified atom stereocenters. The van der Waals surface area contributed by atoms with Crippen molar-refractivity contribution in [3.8, 4) is 0 Å². The largest absolute Gasteiger partial charge is 0.478 e. The molecule has 0 fully saturated rings. The summed E-state index contributed by atoms with van der Waals surface area (Å²) in [6, 6.07) is 4.84. The molecule has 0 aliphatic heterocycles. The van der Waals surface area contributed by atoms with Gasteiger partial charge in [-0.3, -0.25) is 0 Å². The quantitative estimate of drug-likeness (QED) is 0.863. The Morgan fingerprint density at radius 2 is 2.06 bits per heavy atom. The first-order chi connectivity index (χ1) is 8.56. The highest BCUT2D eigenvalue weighted by molar-refractivity contribution is 9.11. The lowest BCUT2D eigenvalue weighted by atomic mass is 10.3. The minimum atomic E-state index is -0.970. The maximum absolute atomic E-state index is 10.8. The van der Waals surface area contributed by atoms with Crippen LogP contribution in [0.25, 0.3) is 0 Å². The zero-order chi connectivity index (χ0) is 13.1. The van der Waals surface area contributed by atoms with Crippen molar-refractivity contribution in [2.24, 2.45) is 0 Å². The third-order valence-corrected chi connectivity index (χ3v) is 4.21. The Morgan fingerprint density at radius 1 is 1.28 bits per heavy atom. The number of nitrogens with zero attached hydrogens (tertiary/aromatic N) is 2. The van der Waals surface area contributed by atoms with Crippen LogP contribution in [0.15, 0.2) is 49.6 Å². The SMILES string of the molecule is O=C(O)c1ccnc(Sc2ncc(Br)cc2Br)c1. The Balaban J connectivity index is 2.28. The number of aromatic carboxylic acids is 1. The molecule has 18 heavy (non-hydrogen) atoms. The van der Waals surface area contributed by atoms with E-state index in [1.807, 2.05) is 6.07 Å². The van der Waals surface area contributed by atoms with Gasteiger partial charge in [-0.05, 0) is 61.8 Å². The van der Waals surface area contributed by atoms with Crippen molar-refractivity contribution in [2.75, 3.05) is 0 Å². The predicted molar refractivity (Wildman–Crippen MR) is 75.0 cm³/mol. The molecule has 92 valence electrons. The van der Waals surface area contributed by atoms with Gasteiger partial charge in [0.1, 0.15) is 10.1 Å². The average Bonchev–Trinajstić information content (AvgIpc) is 2.33. The lowest BCUT2D eigenvalue weighted by Crippen LogP contribution is -1.96. The molecule has 0 aliphatic carbocycles. The van der Waals surface area contributed by atoms with E-state index in [0.717, 1.165) is 14.0 Å². The first-order valence-corrected chi connectivity index (χ1v) is 7.15. The first kappa shape index (κ1) is 13.5. The van der Waals surface area contributed by atoms with Crippen molar-refractivity contribution >= 4 is 49.6 Å². The van der Waals surface area contributed by atoms with Gasteiger partial charge in [-0.25, -0.2) is 14.8 Å². The maximum atomic E-state index is 10.8. The third-order valence-electron chi connectivity index (χ3n) is 1.96. The fourth-order valence-corrected chi connectivity index (χ4v) is 3.16. The number of aromatic nitrogens is 2. The molecule has 0 saturated carbocycles. The molecule has 2 aromatic heterocycles. The molecular weight excluding hydrogens is 384 g/mol. The minimum Gasteiger partial charge on any atom is -0.478 e. The molecule has 0 amide bonds. The van der Waals surface area contributed by atoms with E-state index >= 15 is 0 Å². The van der Waals surface area contributed by atoms with Gasteiger partial charge < -0.3 is 5.11 Å². The Morgan fingerprint density at radius 3 is 2.72 bits per heavy atom. The fourth-order valence-electron chi connectivity index (χ4n) is 1.17. The second kappa shape index (κ2) is 5.81. The van der Waals surface area contributed by atoms with E-state index in [2.05, 4.69) is 41.8 Å². The number of rotatable bonds is 3. The van der Waals surface area contributed by atoms with Crippen LogP contribution in [-0.2, 0) is 0 Å². The molecule has 0 aromatic carbocycles. The van der Waals surface area contributed by atoms with Gasteiger partial charge >= 0.3 is 5.97 Å². The lowest BCUT2D eigenvalue weighted by Gasteiger charge is -2.03. The highest BCUT2D eigenvalue weighted by Gasteiger charge is 2.08. The van der Waals surface area contributed by atoms with Gasteiger partial charge in [-0.2, -0.15) is 0 Å². The number of carboxylic acids is 1. The maximum Gasteiger partial charge on any atom is 0.335 e. The van der Waals surface area contributed by atoms with Crippen LogP contribution in [0, 0.1) is 0 Å². The first-order valence-electron chi connectivity index (χ1n) is 4.74. The highest BCUT2D eigenvalue weighted by atomic mass is 79.9. The zero-order valence-electron chi connectivity index (χ0n) is 8.80. The van der Waals surface area contributed by atoms with Crippen LogP contribution in [0.5, 0.6) is 0 Å². The average molecular weight is 390 g/mol.